The highest BCUT2D eigenvalue weighted by atomic mass is 16.6. The molecular weight excluding hydrogens is 368 g/mol. The molecule has 1 aromatic carbocycles. The number of amides is 1. The minimum atomic E-state index is -0.230. The summed E-state index contributed by atoms with van der Waals surface area (Å²) in [5, 5.41) is 0. The number of benzene rings is 1. The van der Waals surface area contributed by atoms with Gasteiger partial charge in [0.05, 0.1) is 6.61 Å². The van der Waals surface area contributed by atoms with Gasteiger partial charge in [0.15, 0.2) is 0 Å². The molecule has 0 radical (unpaired) electrons. The van der Waals surface area contributed by atoms with Crippen molar-refractivity contribution >= 4 is 23.5 Å². The van der Waals surface area contributed by atoms with Gasteiger partial charge in [-0.25, -0.2) is 9.78 Å². The van der Waals surface area contributed by atoms with Gasteiger partial charge in [-0.1, -0.05) is 18.2 Å². The lowest BCUT2D eigenvalue weighted by molar-refractivity contribution is 0.105. The van der Waals surface area contributed by atoms with Gasteiger partial charge in [0.25, 0.3) is 0 Å². The van der Waals surface area contributed by atoms with Crippen LogP contribution in [0.5, 0.6) is 0 Å². The normalized spacial score (nSPS) is 17.4. The molecule has 0 spiro atoms. The number of aromatic nitrogens is 2. The van der Waals surface area contributed by atoms with Gasteiger partial charge in [0.2, 0.25) is 5.95 Å². The lowest BCUT2D eigenvalue weighted by atomic mass is 10.2. The molecule has 29 heavy (non-hydrogen) atoms. The second-order valence-corrected chi connectivity index (χ2v) is 7.20. The fourth-order valence-electron chi connectivity index (χ4n) is 3.80. The first-order valence-corrected chi connectivity index (χ1v) is 10.3. The van der Waals surface area contributed by atoms with Crippen LogP contribution in [0.4, 0.5) is 22.2 Å². The van der Waals surface area contributed by atoms with Crippen LogP contribution in [0, 0.1) is 0 Å². The topological polar surface area (TPSA) is 65.0 Å². The van der Waals surface area contributed by atoms with Gasteiger partial charge < -0.3 is 24.3 Å². The number of carbonyl (C=O) groups excluding carboxylic acids is 1. The van der Waals surface area contributed by atoms with Crippen LogP contribution in [0.2, 0.25) is 0 Å². The molecule has 0 aliphatic carbocycles. The minimum Gasteiger partial charge on any atom is -0.450 e. The molecule has 0 bridgehead atoms. The Balaban J connectivity index is 1.34. The highest BCUT2D eigenvalue weighted by molar-refractivity contribution is 5.68. The van der Waals surface area contributed by atoms with Crippen LogP contribution in [0.25, 0.3) is 0 Å². The van der Waals surface area contributed by atoms with Crippen molar-refractivity contribution in [3.63, 3.8) is 0 Å². The average molecular weight is 396 g/mol. The maximum Gasteiger partial charge on any atom is 0.409 e. The minimum absolute atomic E-state index is 0.230. The van der Waals surface area contributed by atoms with Gasteiger partial charge in [-0.3, -0.25) is 0 Å². The Hall–Kier alpha value is -3.03. The third kappa shape index (κ3) is 4.52. The Bertz CT molecular complexity index is 802. The summed E-state index contributed by atoms with van der Waals surface area (Å²) in [5.41, 5.74) is 1.27. The predicted octanol–water partition coefficient (Wildman–Crippen LogP) is 2.08. The van der Waals surface area contributed by atoms with Crippen molar-refractivity contribution < 1.29 is 9.53 Å². The predicted molar refractivity (Wildman–Crippen MR) is 114 cm³/mol. The molecule has 8 heteroatoms. The van der Waals surface area contributed by atoms with Crippen LogP contribution in [0.15, 0.2) is 42.6 Å². The summed E-state index contributed by atoms with van der Waals surface area (Å²) < 4.78 is 5.09. The number of ether oxygens (including phenoxy) is 1. The third-order valence-corrected chi connectivity index (χ3v) is 5.44. The Morgan fingerprint density at radius 3 is 2.24 bits per heavy atom. The van der Waals surface area contributed by atoms with Gasteiger partial charge in [-0.15, -0.1) is 0 Å². The Morgan fingerprint density at radius 1 is 0.897 bits per heavy atom. The number of anilines is 3. The van der Waals surface area contributed by atoms with E-state index in [0.717, 1.165) is 51.0 Å². The van der Waals surface area contributed by atoms with E-state index >= 15 is 0 Å². The van der Waals surface area contributed by atoms with E-state index in [1.165, 1.54) is 5.69 Å². The molecule has 0 unspecified atom stereocenters. The van der Waals surface area contributed by atoms with Crippen molar-refractivity contribution in [1.29, 1.82) is 0 Å². The second-order valence-electron chi connectivity index (χ2n) is 7.20. The quantitative estimate of drug-likeness (QED) is 0.784. The summed E-state index contributed by atoms with van der Waals surface area (Å²) in [6.45, 7) is 8.73. The van der Waals surface area contributed by atoms with Crippen LogP contribution < -0.4 is 14.7 Å². The number of hydrogen-bond donors (Lipinski definition) is 0. The zero-order valence-electron chi connectivity index (χ0n) is 16.9. The molecule has 154 valence electrons. The third-order valence-electron chi connectivity index (χ3n) is 5.44. The van der Waals surface area contributed by atoms with Crippen molar-refractivity contribution in [3.8, 4) is 0 Å². The maximum atomic E-state index is 11.9. The summed E-state index contributed by atoms with van der Waals surface area (Å²) in [6, 6.07) is 12.5. The Labute approximate surface area is 171 Å². The van der Waals surface area contributed by atoms with E-state index in [4.69, 9.17) is 9.72 Å². The van der Waals surface area contributed by atoms with Crippen molar-refractivity contribution in [3.05, 3.63) is 42.6 Å². The van der Waals surface area contributed by atoms with Crippen molar-refractivity contribution in [1.82, 2.24) is 14.9 Å². The number of piperazine rings is 2. The molecule has 1 aromatic heterocycles. The lowest BCUT2D eigenvalue weighted by Gasteiger charge is -2.37. The zero-order valence-corrected chi connectivity index (χ0v) is 16.9. The van der Waals surface area contributed by atoms with Crippen LogP contribution in [0.3, 0.4) is 0 Å². The monoisotopic (exact) mass is 396 g/mol. The van der Waals surface area contributed by atoms with E-state index < -0.39 is 0 Å². The largest absolute Gasteiger partial charge is 0.450 e. The SMILES string of the molecule is CCOC(=O)N1CCN(c2ccnc(N3CCN(c4ccccc4)CC3)n2)CC1. The number of hydrogen-bond acceptors (Lipinski definition) is 7. The highest BCUT2D eigenvalue weighted by Crippen LogP contribution is 2.20. The van der Waals surface area contributed by atoms with Crippen LogP contribution in [-0.4, -0.2) is 79.9 Å². The standard InChI is InChI=1S/C21H28N6O2/c1-2-29-21(28)27-16-12-25(13-17-27)19-8-9-22-20(23-19)26-14-10-24(11-15-26)18-6-4-3-5-7-18/h3-9H,2,10-17H2,1H3. The summed E-state index contributed by atoms with van der Waals surface area (Å²) >= 11 is 0. The lowest BCUT2D eigenvalue weighted by Crippen LogP contribution is -2.49. The molecule has 0 atom stereocenters. The number of nitrogens with zero attached hydrogens (tertiary/aromatic N) is 6. The number of carbonyl (C=O) groups is 1. The molecule has 8 nitrogen and oxygen atoms in total. The first-order chi connectivity index (χ1) is 14.2. The molecule has 2 aliphatic heterocycles. The van der Waals surface area contributed by atoms with Gasteiger partial charge in [0.1, 0.15) is 5.82 Å². The van der Waals surface area contributed by atoms with E-state index in [9.17, 15) is 4.79 Å². The van der Waals surface area contributed by atoms with Crippen molar-refractivity contribution in [2.75, 3.05) is 73.7 Å². The fourth-order valence-corrected chi connectivity index (χ4v) is 3.80. The van der Waals surface area contributed by atoms with Crippen molar-refractivity contribution in [2.45, 2.75) is 6.92 Å². The van der Waals surface area contributed by atoms with E-state index in [0.29, 0.717) is 19.7 Å². The molecule has 3 heterocycles. The summed E-state index contributed by atoms with van der Waals surface area (Å²) in [5.74, 6) is 1.70. The highest BCUT2D eigenvalue weighted by Gasteiger charge is 2.24. The summed E-state index contributed by atoms with van der Waals surface area (Å²) in [4.78, 5) is 29.8. The molecule has 2 fully saturated rings. The summed E-state index contributed by atoms with van der Waals surface area (Å²) in [6.07, 6.45) is 1.60. The average Bonchev–Trinajstić information content (AvgIpc) is 2.80. The zero-order chi connectivity index (χ0) is 20.1. The Kier molecular flexibility index (Phi) is 5.97. The van der Waals surface area contributed by atoms with Crippen LogP contribution >= 0.6 is 0 Å². The van der Waals surface area contributed by atoms with Gasteiger partial charge in [-0.2, -0.15) is 4.98 Å². The van der Waals surface area contributed by atoms with Crippen LogP contribution in [-0.2, 0) is 4.74 Å². The fraction of sp³-hybridized carbons (Fsp3) is 0.476. The molecule has 1 amide bonds. The smallest absolute Gasteiger partial charge is 0.409 e. The molecule has 2 saturated heterocycles. The second kappa shape index (κ2) is 8.98. The van der Waals surface area contributed by atoms with Crippen LogP contribution in [0.1, 0.15) is 6.92 Å². The molecular formula is C21H28N6O2. The van der Waals surface area contributed by atoms with E-state index in [1.54, 1.807) is 4.90 Å². The van der Waals surface area contributed by atoms with Crippen molar-refractivity contribution in [2.24, 2.45) is 0 Å². The Morgan fingerprint density at radius 2 is 1.55 bits per heavy atom. The van der Waals surface area contributed by atoms with Gasteiger partial charge in [-0.05, 0) is 25.1 Å². The summed E-state index contributed by atoms with van der Waals surface area (Å²) in [7, 11) is 0. The van der Waals surface area contributed by atoms with E-state index in [2.05, 4.69) is 43.9 Å². The van der Waals surface area contributed by atoms with E-state index in [1.807, 2.05) is 25.3 Å². The molecule has 4 rings (SSSR count). The van der Waals surface area contributed by atoms with Gasteiger partial charge in [0, 0.05) is 64.2 Å². The molecule has 0 saturated carbocycles. The maximum absolute atomic E-state index is 11.9. The first-order valence-electron chi connectivity index (χ1n) is 10.3. The molecule has 0 N–H and O–H groups in total. The molecule has 2 aromatic rings. The van der Waals surface area contributed by atoms with Gasteiger partial charge >= 0.3 is 6.09 Å². The molecule has 2 aliphatic rings. The number of rotatable bonds is 4. The van der Waals surface area contributed by atoms with E-state index in [-0.39, 0.29) is 6.09 Å². The first kappa shape index (κ1) is 19.3. The number of para-hydroxylation sites is 1.